The van der Waals surface area contributed by atoms with Crippen LogP contribution in [0.15, 0.2) is 40.8 Å². The van der Waals surface area contributed by atoms with Crippen molar-refractivity contribution in [2.24, 2.45) is 0 Å². The van der Waals surface area contributed by atoms with Gasteiger partial charge in [-0.2, -0.15) is 0 Å². The van der Waals surface area contributed by atoms with E-state index in [4.69, 9.17) is 9.52 Å². The van der Waals surface area contributed by atoms with Crippen LogP contribution in [0.5, 0.6) is 0 Å². The Hall–Kier alpha value is -2.17. The summed E-state index contributed by atoms with van der Waals surface area (Å²) in [4.78, 5) is 10.8. The second kappa shape index (κ2) is 5.00. The first-order valence-electron chi connectivity index (χ1n) is 5.26. The Morgan fingerprint density at radius 2 is 1.94 bits per heavy atom. The van der Waals surface area contributed by atoms with Crippen molar-refractivity contribution in [3.8, 4) is 0 Å². The fourth-order valence-electron chi connectivity index (χ4n) is 1.67. The third kappa shape index (κ3) is 2.56. The molecule has 2 rings (SSSR count). The van der Waals surface area contributed by atoms with Crippen molar-refractivity contribution in [3.05, 3.63) is 59.0 Å². The smallest absolute Gasteiger partial charge is 0.339 e. The minimum absolute atomic E-state index is 0.217. The number of hydrogen-bond donors (Lipinski definition) is 1. The lowest BCUT2D eigenvalue weighted by Gasteiger charge is -1.97. The molecule has 0 saturated carbocycles. The quantitative estimate of drug-likeness (QED) is 0.905. The van der Waals surface area contributed by atoms with Gasteiger partial charge in [0, 0.05) is 6.42 Å². The van der Waals surface area contributed by atoms with Gasteiger partial charge in [0.25, 0.3) is 6.43 Å². The summed E-state index contributed by atoms with van der Waals surface area (Å²) in [7, 11) is 0. The molecule has 1 aromatic carbocycles. The number of aromatic carboxylic acids is 1. The highest BCUT2D eigenvalue weighted by molar-refractivity contribution is 5.89. The lowest BCUT2D eigenvalue weighted by atomic mass is 10.1. The van der Waals surface area contributed by atoms with Gasteiger partial charge in [0.2, 0.25) is 0 Å². The average Bonchev–Trinajstić information content (AvgIpc) is 2.74. The highest BCUT2D eigenvalue weighted by Gasteiger charge is 2.24. The van der Waals surface area contributed by atoms with E-state index in [0.717, 1.165) is 11.6 Å². The van der Waals surface area contributed by atoms with E-state index in [2.05, 4.69) is 0 Å². The van der Waals surface area contributed by atoms with E-state index in [9.17, 15) is 13.6 Å². The van der Waals surface area contributed by atoms with Gasteiger partial charge in [-0.1, -0.05) is 30.3 Å². The molecule has 0 atom stereocenters. The molecule has 0 saturated heterocycles. The molecule has 0 unspecified atom stereocenters. The molecule has 5 heteroatoms. The summed E-state index contributed by atoms with van der Waals surface area (Å²) < 4.78 is 30.1. The van der Waals surface area contributed by atoms with E-state index in [1.807, 2.05) is 30.3 Å². The monoisotopic (exact) mass is 252 g/mol. The molecule has 1 heterocycles. The number of hydrogen-bond acceptors (Lipinski definition) is 2. The topological polar surface area (TPSA) is 50.4 Å². The second-order valence-electron chi connectivity index (χ2n) is 3.76. The molecule has 0 radical (unpaired) electrons. The summed E-state index contributed by atoms with van der Waals surface area (Å²) in [6, 6.07) is 10.2. The number of carboxylic acids is 1. The van der Waals surface area contributed by atoms with Crippen molar-refractivity contribution in [1.82, 2.24) is 0 Å². The largest absolute Gasteiger partial charge is 0.478 e. The van der Waals surface area contributed by atoms with Gasteiger partial charge in [0.05, 0.1) is 0 Å². The first-order valence-corrected chi connectivity index (χ1v) is 5.26. The van der Waals surface area contributed by atoms with Crippen LogP contribution >= 0.6 is 0 Å². The van der Waals surface area contributed by atoms with Crippen LogP contribution in [0, 0.1) is 0 Å². The van der Waals surface area contributed by atoms with Crippen LogP contribution in [0.4, 0.5) is 8.78 Å². The van der Waals surface area contributed by atoms with Crippen LogP contribution < -0.4 is 0 Å². The zero-order valence-electron chi connectivity index (χ0n) is 9.27. The normalized spacial score (nSPS) is 10.8. The molecule has 2 aromatic rings. The maximum absolute atomic E-state index is 12.6. The standard InChI is InChI=1S/C13H10F2O3/c14-12(15)11-10(13(16)17)7-9(18-11)6-8-4-2-1-3-5-8/h1-5,7,12H,6H2,(H,16,17). The molecule has 0 aliphatic rings. The summed E-state index contributed by atoms with van der Waals surface area (Å²) in [6.45, 7) is 0. The van der Waals surface area contributed by atoms with Gasteiger partial charge in [-0.15, -0.1) is 0 Å². The molecule has 0 amide bonds. The molecular weight excluding hydrogens is 242 g/mol. The number of carbonyl (C=O) groups is 1. The van der Waals surface area contributed by atoms with Crippen molar-refractivity contribution in [2.75, 3.05) is 0 Å². The molecule has 0 bridgehead atoms. The number of halogens is 2. The minimum Gasteiger partial charge on any atom is -0.478 e. The lowest BCUT2D eigenvalue weighted by molar-refractivity contribution is 0.0673. The Bertz CT molecular complexity index is 547. The lowest BCUT2D eigenvalue weighted by Crippen LogP contribution is -1.98. The van der Waals surface area contributed by atoms with E-state index in [1.165, 1.54) is 0 Å². The zero-order valence-corrected chi connectivity index (χ0v) is 9.27. The van der Waals surface area contributed by atoms with E-state index in [-0.39, 0.29) is 12.2 Å². The van der Waals surface area contributed by atoms with E-state index in [1.54, 1.807) is 0 Å². The number of carboxylic acid groups (broad SMARTS) is 1. The van der Waals surface area contributed by atoms with Crippen LogP contribution in [0.2, 0.25) is 0 Å². The summed E-state index contributed by atoms with van der Waals surface area (Å²) in [5, 5.41) is 8.80. The fraction of sp³-hybridized carbons (Fsp3) is 0.154. The predicted octanol–water partition coefficient (Wildman–Crippen LogP) is 3.51. The molecule has 94 valence electrons. The molecule has 0 aliphatic carbocycles. The van der Waals surface area contributed by atoms with Gasteiger partial charge in [-0.25, -0.2) is 13.6 Å². The van der Waals surface area contributed by atoms with Crippen molar-refractivity contribution < 1.29 is 23.1 Å². The van der Waals surface area contributed by atoms with E-state index >= 15 is 0 Å². The van der Waals surface area contributed by atoms with E-state index in [0.29, 0.717) is 0 Å². The van der Waals surface area contributed by atoms with Crippen LogP contribution in [0.25, 0.3) is 0 Å². The molecule has 1 N–H and O–H groups in total. The number of alkyl halides is 2. The Kier molecular flexibility index (Phi) is 3.41. The van der Waals surface area contributed by atoms with Gasteiger partial charge < -0.3 is 9.52 Å². The fourth-order valence-corrected chi connectivity index (χ4v) is 1.67. The van der Waals surface area contributed by atoms with Gasteiger partial charge in [-0.3, -0.25) is 0 Å². The third-order valence-corrected chi connectivity index (χ3v) is 2.46. The van der Waals surface area contributed by atoms with Crippen LogP contribution in [-0.2, 0) is 6.42 Å². The van der Waals surface area contributed by atoms with Crippen molar-refractivity contribution >= 4 is 5.97 Å². The first-order chi connectivity index (χ1) is 8.58. The summed E-state index contributed by atoms with van der Waals surface area (Å²) in [6.07, 6.45) is -2.64. The molecule has 0 spiro atoms. The maximum Gasteiger partial charge on any atom is 0.339 e. The Morgan fingerprint density at radius 1 is 1.28 bits per heavy atom. The van der Waals surface area contributed by atoms with Gasteiger partial charge in [0.15, 0.2) is 5.76 Å². The van der Waals surface area contributed by atoms with Crippen LogP contribution in [0.3, 0.4) is 0 Å². The Morgan fingerprint density at radius 3 is 2.44 bits per heavy atom. The van der Waals surface area contributed by atoms with Crippen molar-refractivity contribution in [2.45, 2.75) is 12.8 Å². The number of rotatable bonds is 4. The summed E-state index contributed by atoms with van der Waals surface area (Å²) in [5.41, 5.74) is 0.389. The summed E-state index contributed by atoms with van der Waals surface area (Å²) in [5.74, 6) is -1.98. The SMILES string of the molecule is O=C(O)c1cc(Cc2ccccc2)oc1C(F)F. The number of furan rings is 1. The first kappa shape index (κ1) is 12.3. The molecule has 0 fully saturated rings. The Labute approximate surface area is 102 Å². The van der Waals surface area contributed by atoms with Crippen LogP contribution in [-0.4, -0.2) is 11.1 Å². The second-order valence-corrected chi connectivity index (χ2v) is 3.76. The van der Waals surface area contributed by atoms with E-state index < -0.39 is 23.7 Å². The highest BCUT2D eigenvalue weighted by Crippen LogP contribution is 2.27. The van der Waals surface area contributed by atoms with Gasteiger partial charge >= 0.3 is 5.97 Å². The van der Waals surface area contributed by atoms with Gasteiger partial charge in [-0.05, 0) is 11.6 Å². The van der Waals surface area contributed by atoms with Crippen LogP contribution in [0.1, 0.15) is 33.9 Å². The average molecular weight is 252 g/mol. The number of benzene rings is 1. The van der Waals surface area contributed by atoms with Gasteiger partial charge in [0.1, 0.15) is 11.3 Å². The zero-order chi connectivity index (χ0) is 13.1. The molecule has 3 nitrogen and oxygen atoms in total. The molecular formula is C13H10F2O3. The third-order valence-electron chi connectivity index (χ3n) is 2.46. The molecule has 18 heavy (non-hydrogen) atoms. The highest BCUT2D eigenvalue weighted by atomic mass is 19.3. The predicted molar refractivity (Wildman–Crippen MR) is 59.9 cm³/mol. The van der Waals surface area contributed by atoms with Crippen molar-refractivity contribution in [3.63, 3.8) is 0 Å². The van der Waals surface area contributed by atoms with Crippen molar-refractivity contribution in [1.29, 1.82) is 0 Å². The minimum atomic E-state index is -2.93. The summed E-state index contributed by atoms with van der Waals surface area (Å²) >= 11 is 0. The molecule has 1 aromatic heterocycles. The Balaban J connectivity index is 2.30. The maximum atomic E-state index is 12.6. The molecule has 0 aliphatic heterocycles.